The first-order valence-electron chi connectivity index (χ1n) is 12.8. The van der Waals surface area contributed by atoms with Crippen molar-refractivity contribution in [1.82, 2.24) is 30.2 Å². The van der Waals surface area contributed by atoms with Crippen molar-refractivity contribution < 1.29 is 31.2 Å². The summed E-state index contributed by atoms with van der Waals surface area (Å²) in [5.74, 6) is -1.03. The molecule has 0 radical (unpaired) electrons. The number of rotatable bonds is 7. The lowest BCUT2D eigenvalue weighted by molar-refractivity contribution is -0.0327. The average Bonchev–Trinajstić information content (AvgIpc) is 3.63. The Kier molecular flexibility index (Phi) is 7.76. The van der Waals surface area contributed by atoms with Gasteiger partial charge < -0.3 is 24.4 Å². The van der Waals surface area contributed by atoms with E-state index in [1.807, 2.05) is 32.7 Å². The van der Waals surface area contributed by atoms with Gasteiger partial charge in [-0.25, -0.2) is 4.39 Å². The second kappa shape index (κ2) is 11.0. The van der Waals surface area contributed by atoms with Crippen LogP contribution < -0.4 is 10.6 Å². The van der Waals surface area contributed by atoms with Crippen molar-refractivity contribution in [2.75, 3.05) is 25.5 Å². The van der Waals surface area contributed by atoms with Crippen LogP contribution in [0.15, 0.2) is 44.3 Å². The van der Waals surface area contributed by atoms with Crippen LogP contribution in [0.1, 0.15) is 43.4 Å². The smallest absolute Gasteiger partial charge is 0.446 e. The van der Waals surface area contributed by atoms with E-state index >= 15 is 0 Å². The largest absolute Gasteiger partial charge is 0.448 e. The van der Waals surface area contributed by atoms with Gasteiger partial charge in [-0.3, -0.25) is 9.48 Å². The summed E-state index contributed by atoms with van der Waals surface area (Å²) in [5.41, 5.74) is -4.15. The molecule has 3 aromatic heterocycles. The van der Waals surface area contributed by atoms with Crippen LogP contribution in [0.5, 0.6) is 0 Å². The van der Waals surface area contributed by atoms with Gasteiger partial charge in [0.05, 0.1) is 40.5 Å². The summed E-state index contributed by atoms with van der Waals surface area (Å²) in [6.07, 6.45) is 2.38. The monoisotopic (exact) mass is 595 g/mol. The number of nitrogens with zero attached hydrogens (tertiary/aromatic N) is 5. The molecule has 0 unspecified atom stereocenters. The molecule has 0 spiro atoms. The van der Waals surface area contributed by atoms with Gasteiger partial charge >= 0.3 is 5.51 Å². The molecule has 5 rings (SSSR count). The maximum atomic E-state index is 14.7. The number of halogens is 4. The number of benzene rings is 1. The number of hydrogen-bond donors (Lipinski definition) is 2. The van der Waals surface area contributed by atoms with Crippen LogP contribution in [0.3, 0.4) is 0 Å². The number of amides is 1. The van der Waals surface area contributed by atoms with E-state index in [0.717, 1.165) is 0 Å². The van der Waals surface area contributed by atoms with Gasteiger partial charge in [0.1, 0.15) is 6.17 Å². The van der Waals surface area contributed by atoms with E-state index in [2.05, 4.69) is 25.9 Å². The average molecular weight is 596 g/mol. The van der Waals surface area contributed by atoms with Gasteiger partial charge in [0.15, 0.2) is 5.58 Å². The Balaban J connectivity index is 1.40. The predicted octanol–water partition coefficient (Wildman–Crippen LogP) is 5.43. The molecule has 0 aliphatic carbocycles. The third-order valence-corrected chi connectivity index (χ3v) is 7.41. The fourth-order valence-electron chi connectivity index (χ4n) is 4.47. The number of carbonyl (C=O) groups is 1. The second-order valence-electron chi connectivity index (χ2n) is 10.8. The molecule has 1 aliphatic heterocycles. The number of alkyl halides is 4. The third-order valence-electron chi connectivity index (χ3n) is 6.57. The quantitative estimate of drug-likeness (QED) is 0.213. The van der Waals surface area contributed by atoms with E-state index in [1.54, 1.807) is 23.0 Å². The fourth-order valence-corrected chi connectivity index (χ4v) is 5.19. The maximum absolute atomic E-state index is 14.7. The maximum Gasteiger partial charge on any atom is 0.446 e. The number of thioether (sulfide) groups is 1. The van der Waals surface area contributed by atoms with E-state index in [1.165, 1.54) is 12.3 Å². The van der Waals surface area contributed by atoms with Crippen molar-refractivity contribution in [3.8, 4) is 11.7 Å². The lowest BCUT2D eigenvalue weighted by Crippen LogP contribution is -2.46. The van der Waals surface area contributed by atoms with Crippen LogP contribution in [-0.2, 0) is 12.1 Å². The molecule has 1 amide bonds. The van der Waals surface area contributed by atoms with Crippen molar-refractivity contribution in [2.24, 2.45) is 0 Å². The van der Waals surface area contributed by atoms with Gasteiger partial charge in [-0.1, -0.05) is 6.07 Å². The van der Waals surface area contributed by atoms with Gasteiger partial charge in [0.25, 0.3) is 11.8 Å². The van der Waals surface area contributed by atoms with E-state index in [0.29, 0.717) is 24.2 Å². The summed E-state index contributed by atoms with van der Waals surface area (Å²) in [4.78, 5) is 14.2. The van der Waals surface area contributed by atoms with Gasteiger partial charge in [-0.15, -0.1) is 10.2 Å². The molecule has 0 bridgehead atoms. The van der Waals surface area contributed by atoms with Crippen LogP contribution in [0.25, 0.3) is 22.6 Å². The summed E-state index contributed by atoms with van der Waals surface area (Å²) in [6, 6.07) is 4.15. The Labute approximate surface area is 236 Å². The lowest BCUT2D eigenvalue weighted by atomic mass is 10.0. The third kappa shape index (κ3) is 6.50. The zero-order chi connectivity index (χ0) is 29.5. The summed E-state index contributed by atoms with van der Waals surface area (Å²) in [6.45, 7) is 6.57. The topological polar surface area (TPSA) is 114 Å². The molecule has 4 heterocycles. The number of likely N-dealkylation sites (tertiary alicyclic amines) is 1. The van der Waals surface area contributed by atoms with Gasteiger partial charge in [0.2, 0.25) is 11.7 Å². The molecule has 10 nitrogen and oxygen atoms in total. The highest BCUT2D eigenvalue weighted by atomic mass is 32.2. The van der Waals surface area contributed by atoms with Crippen LogP contribution in [0, 0.1) is 0 Å². The first kappa shape index (κ1) is 28.9. The number of anilines is 1. The molecule has 15 heteroatoms. The minimum absolute atomic E-state index is 0.0371. The van der Waals surface area contributed by atoms with Crippen molar-refractivity contribution in [1.29, 1.82) is 0 Å². The van der Waals surface area contributed by atoms with E-state index in [9.17, 15) is 22.4 Å². The second-order valence-corrected chi connectivity index (χ2v) is 11.9. The Hall–Kier alpha value is -3.59. The van der Waals surface area contributed by atoms with Crippen LogP contribution in [-0.4, -0.2) is 68.6 Å². The van der Waals surface area contributed by atoms with Crippen molar-refractivity contribution in [2.45, 2.75) is 61.9 Å². The highest BCUT2D eigenvalue weighted by Gasteiger charge is 2.36. The minimum Gasteiger partial charge on any atom is -0.448 e. The molecule has 41 heavy (non-hydrogen) atoms. The highest BCUT2D eigenvalue weighted by molar-refractivity contribution is 8.00. The number of nitrogens with one attached hydrogen (secondary N) is 2. The molecular formula is C26H29F4N7O3S. The molecule has 1 fully saturated rings. The van der Waals surface area contributed by atoms with Crippen molar-refractivity contribution >= 4 is 34.3 Å². The van der Waals surface area contributed by atoms with E-state index in [4.69, 9.17) is 8.83 Å². The number of aromatic nitrogens is 4. The van der Waals surface area contributed by atoms with Crippen molar-refractivity contribution in [3.05, 3.63) is 42.0 Å². The zero-order valence-electron chi connectivity index (χ0n) is 22.8. The molecule has 1 aromatic carbocycles. The van der Waals surface area contributed by atoms with Crippen LogP contribution in [0.4, 0.5) is 23.2 Å². The molecule has 1 saturated heterocycles. The van der Waals surface area contributed by atoms with Gasteiger partial charge in [0, 0.05) is 24.7 Å². The van der Waals surface area contributed by atoms with E-state index < -0.39 is 23.6 Å². The normalized spacial score (nSPS) is 18.6. The molecule has 220 valence electrons. The summed E-state index contributed by atoms with van der Waals surface area (Å²) in [5, 5.41) is 17.8. The minimum atomic E-state index is -4.64. The number of hydrogen-bond acceptors (Lipinski definition) is 9. The van der Waals surface area contributed by atoms with Gasteiger partial charge in [-0.05, 0) is 58.1 Å². The fraction of sp³-hybridized carbons (Fsp3) is 0.462. The number of para-hydroxylation sites is 1. The Bertz CT molecular complexity index is 1540. The zero-order valence-corrected chi connectivity index (χ0v) is 23.6. The standard InChI is InChI=1S/C26H29F4N7O3S/c1-25(2,3)37-12-14(10-32-37)23(38)31-11-19-34-35-24(39-19)21-22(41-26(28,29)30)15-6-5-7-18(20(15)40-21)33-17-8-9-36(4)13-16(17)27/h5-7,10,12,16-17,33H,8-9,11,13H2,1-4H3,(H,31,38)/t16-,17+/m0/s1. The predicted molar refractivity (Wildman–Crippen MR) is 144 cm³/mol. The molecule has 1 aliphatic rings. The SMILES string of the molecule is CN1CC[C@@H](Nc2cccc3c(SC(F)(F)F)c(-c4nnc(CNC(=O)c5cnn(C(C)(C)C)c5)o4)oc23)[C@@H](F)C1. The molecule has 4 aromatic rings. The summed E-state index contributed by atoms with van der Waals surface area (Å²) < 4.78 is 68.6. The Morgan fingerprint density at radius 2 is 1.98 bits per heavy atom. The first-order valence-corrected chi connectivity index (χ1v) is 13.7. The van der Waals surface area contributed by atoms with Crippen molar-refractivity contribution in [3.63, 3.8) is 0 Å². The number of furan rings is 1. The Morgan fingerprint density at radius 1 is 1.20 bits per heavy atom. The highest BCUT2D eigenvalue weighted by Crippen LogP contribution is 2.48. The van der Waals surface area contributed by atoms with Gasteiger partial charge in [-0.2, -0.15) is 18.3 Å². The molecule has 2 atom stereocenters. The Morgan fingerprint density at radius 3 is 2.66 bits per heavy atom. The molecule has 0 saturated carbocycles. The summed E-state index contributed by atoms with van der Waals surface area (Å²) in [7, 11) is 1.83. The van der Waals surface area contributed by atoms with Crippen LogP contribution in [0.2, 0.25) is 0 Å². The molecular weight excluding hydrogens is 566 g/mol. The number of carbonyl (C=O) groups excluding carboxylic acids is 1. The number of piperidine rings is 1. The lowest BCUT2D eigenvalue weighted by Gasteiger charge is -2.33. The molecule has 2 N–H and O–H groups in total. The first-order chi connectivity index (χ1) is 19.3. The van der Waals surface area contributed by atoms with Crippen LogP contribution >= 0.6 is 11.8 Å². The summed E-state index contributed by atoms with van der Waals surface area (Å²) >= 11 is -0.366. The van der Waals surface area contributed by atoms with E-state index in [-0.39, 0.29) is 63.8 Å². The number of fused-ring (bicyclic) bond motifs is 1.